The van der Waals surface area contributed by atoms with Gasteiger partial charge < -0.3 is 0 Å². The molecule has 1 aromatic carbocycles. The first-order valence-electron chi connectivity index (χ1n) is 10.1. The highest BCUT2D eigenvalue weighted by molar-refractivity contribution is 6.25. The lowest BCUT2D eigenvalue weighted by atomic mass is 10.1. The maximum Gasteiger partial charge on any atom is 0.392 e. The SMILES string of the molecule is CC(C)N1C(=[N+]2CCCCC2)N=C2C1C(=O)N(Cc1ccccc1)C(=O)N2C. The number of hydrogen-bond acceptors (Lipinski definition) is 2. The Balaban J connectivity index is 1.71. The average Bonchev–Trinajstić information content (AvgIpc) is 3.12. The van der Waals surface area contributed by atoms with Gasteiger partial charge in [0.2, 0.25) is 11.9 Å². The standard InChI is InChI=1S/C21H28N5O2/c1-15(2)26-17-18(22-20(26)24-12-8-5-9-13-24)23(3)21(28)25(19(17)27)14-16-10-6-4-7-11-16/h4,6-7,10-11,15,17H,5,8-9,12-14H2,1-3H3/q+1. The number of imide groups is 1. The number of guanidine groups is 1. The van der Waals surface area contributed by atoms with Gasteiger partial charge in [0, 0.05) is 7.05 Å². The van der Waals surface area contributed by atoms with Gasteiger partial charge >= 0.3 is 12.0 Å². The molecule has 4 rings (SSSR count). The minimum absolute atomic E-state index is 0.104. The number of amides is 3. The normalized spacial score (nSPS) is 22.9. The molecule has 7 heteroatoms. The summed E-state index contributed by atoms with van der Waals surface area (Å²) in [6, 6.07) is 8.89. The number of carbonyl (C=O) groups excluding carboxylic acids is 2. The highest BCUT2D eigenvalue weighted by atomic mass is 16.2. The molecule has 0 bridgehead atoms. The van der Waals surface area contributed by atoms with Gasteiger partial charge in [-0.25, -0.2) is 9.69 Å². The Labute approximate surface area is 165 Å². The van der Waals surface area contributed by atoms with E-state index < -0.39 is 6.04 Å². The van der Waals surface area contributed by atoms with Crippen molar-refractivity contribution >= 4 is 23.7 Å². The number of likely N-dealkylation sites (N-methyl/N-ethyl adjacent to an activating group) is 1. The summed E-state index contributed by atoms with van der Waals surface area (Å²) in [7, 11) is 1.72. The average molecular weight is 382 g/mol. The summed E-state index contributed by atoms with van der Waals surface area (Å²) in [6.45, 7) is 6.32. The van der Waals surface area contributed by atoms with E-state index in [2.05, 4.69) is 23.3 Å². The van der Waals surface area contributed by atoms with Gasteiger partial charge in [0.25, 0.3) is 5.91 Å². The van der Waals surface area contributed by atoms with Crippen molar-refractivity contribution in [2.24, 2.45) is 4.99 Å². The first-order chi connectivity index (χ1) is 13.5. The minimum atomic E-state index is -0.539. The zero-order chi connectivity index (χ0) is 19.8. The van der Waals surface area contributed by atoms with E-state index in [9.17, 15) is 9.59 Å². The molecule has 28 heavy (non-hydrogen) atoms. The van der Waals surface area contributed by atoms with Crippen LogP contribution >= 0.6 is 0 Å². The third-order valence-electron chi connectivity index (χ3n) is 5.71. The molecule has 148 valence electrons. The summed E-state index contributed by atoms with van der Waals surface area (Å²) >= 11 is 0. The molecule has 1 unspecified atom stereocenters. The largest absolute Gasteiger partial charge is 0.392 e. The van der Waals surface area contributed by atoms with Crippen molar-refractivity contribution in [2.45, 2.75) is 51.7 Å². The molecule has 0 aliphatic carbocycles. The predicted octanol–water partition coefficient (Wildman–Crippen LogP) is 2.12. The van der Waals surface area contributed by atoms with E-state index in [0.29, 0.717) is 5.84 Å². The first-order valence-corrected chi connectivity index (χ1v) is 10.1. The van der Waals surface area contributed by atoms with Crippen LogP contribution in [0.4, 0.5) is 4.79 Å². The third kappa shape index (κ3) is 3.08. The molecule has 7 nitrogen and oxygen atoms in total. The van der Waals surface area contributed by atoms with E-state index in [1.54, 1.807) is 11.9 Å². The quantitative estimate of drug-likeness (QED) is 0.753. The molecule has 0 N–H and O–H groups in total. The Kier molecular flexibility index (Phi) is 4.91. The second-order valence-corrected chi connectivity index (χ2v) is 7.97. The Morgan fingerprint density at radius 3 is 2.43 bits per heavy atom. The van der Waals surface area contributed by atoms with Crippen LogP contribution in [0.3, 0.4) is 0 Å². The fourth-order valence-electron chi connectivity index (χ4n) is 4.24. The molecule has 2 fully saturated rings. The zero-order valence-electron chi connectivity index (χ0n) is 16.8. The van der Waals surface area contributed by atoms with Crippen LogP contribution in [0.25, 0.3) is 0 Å². The fraction of sp³-hybridized carbons (Fsp3) is 0.524. The lowest BCUT2D eigenvalue weighted by molar-refractivity contribution is -0.542. The van der Waals surface area contributed by atoms with Crippen LogP contribution in [0.15, 0.2) is 35.3 Å². The number of urea groups is 1. The van der Waals surface area contributed by atoms with Crippen LogP contribution in [0.5, 0.6) is 0 Å². The molecule has 1 atom stereocenters. The molecular formula is C21H28N5O2+. The molecule has 3 heterocycles. The Morgan fingerprint density at radius 1 is 1.11 bits per heavy atom. The lowest BCUT2D eigenvalue weighted by Gasteiger charge is -2.36. The van der Waals surface area contributed by atoms with Crippen molar-refractivity contribution in [3.8, 4) is 0 Å². The minimum Gasteiger partial charge on any atom is -0.270 e. The summed E-state index contributed by atoms with van der Waals surface area (Å²) in [6.07, 6.45) is 3.50. The van der Waals surface area contributed by atoms with E-state index in [1.807, 2.05) is 30.3 Å². The lowest BCUT2D eigenvalue weighted by Crippen LogP contribution is -2.64. The van der Waals surface area contributed by atoms with E-state index in [4.69, 9.17) is 4.99 Å². The summed E-state index contributed by atoms with van der Waals surface area (Å²) in [5.41, 5.74) is 0.937. The molecule has 2 saturated heterocycles. The van der Waals surface area contributed by atoms with Crippen molar-refractivity contribution in [1.82, 2.24) is 14.7 Å². The van der Waals surface area contributed by atoms with Gasteiger partial charge in [-0.3, -0.25) is 19.2 Å². The number of carbonyl (C=O) groups is 2. The van der Waals surface area contributed by atoms with Gasteiger partial charge in [0.15, 0.2) is 0 Å². The van der Waals surface area contributed by atoms with E-state index in [-0.39, 0.29) is 24.5 Å². The molecule has 3 amide bonds. The van der Waals surface area contributed by atoms with E-state index in [1.165, 1.54) is 11.3 Å². The van der Waals surface area contributed by atoms with E-state index in [0.717, 1.165) is 37.5 Å². The number of amidine groups is 1. The summed E-state index contributed by atoms with van der Waals surface area (Å²) in [5, 5.41) is 0. The molecule has 0 aromatic heterocycles. The van der Waals surface area contributed by atoms with Gasteiger partial charge in [0.05, 0.1) is 25.7 Å². The number of nitrogens with zero attached hydrogens (tertiary/aromatic N) is 5. The number of aliphatic imine (C=N–C) groups is 1. The number of piperidine rings is 1. The maximum atomic E-state index is 13.4. The highest BCUT2D eigenvalue weighted by Crippen LogP contribution is 2.27. The van der Waals surface area contributed by atoms with Crippen molar-refractivity contribution < 1.29 is 14.2 Å². The smallest absolute Gasteiger partial charge is 0.270 e. The number of rotatable bonds is 3. The fourth-order valence-corrected chi connectivity index (χ4v) is 4.24. The molecule has 3 aliphatic rings. The topological polar surface area (TPSA) is 59.2 Å². The van der Waals surface area contributed by atoms with Crippen LogP contribution in [0, 0.1) is 0 Å². The Bertz CT molecular complexity index is 838. The van der Waals surface area contributed by atoms with Crippen molar-refractivity contribution in [1.29, 1.82) is 0 Å². The molecule has 3 aliphatic heterocycles. The molecular weight excluding hydrogens is 354 g/mol. The monoisotopic (exact) mass is 382 g/mol. The van der Waals surface area contributed by atoms with Crippen LogP contribution in [0.2, 0.25) is 0 Å². The first kappa shape index (κ1) is 18.7. The van der Waals surface area contributed by atoms with Crippen molar-refractivity contribution in [3.05, 3.63) is 35.9 Å². The number of benzene rings is 1. The van der Waals surface area contributed by atoms with Crippen LogP contribution in [-0.2, 0) is 11.3 Å². The summed E-state index contributed by atoms with van der Waals surface area (Å²) in [5.74, 6) is 1.20. The highest BCUT2D eigenvalue weighted by Gasteiger charge is 2.56. The van der Waals surface area contributed by atoms with Crippen LogP contribution < -0.4 is 0 Å². The molecule has 0 spiro atoms. The van der Waals surface area contributed by atoms with Gasteiger partial charge in [-0.05, 0) is 38.7 Å². The van der Waals surface area contributed by atoms with Crippen molar-refractivity contribution in [2.75, 3.05) is 20.1 Å². The molecule has 1 aromatic rings. The van der Waals surface area contributed by atoms with Gasteiger partial charge in [-0.15, -0.1) is 0 Å². The van der Waals surface area contributed by atoms with E-state index >= 15 is 0 Å². The molecule has 0 saturated carbocycles. The number of hydrogen-bond donors (Lipinski definition) is 0. The second-order valence-electron chi connectivity index (χ2n) is 7.97. The van der Waals surface area contributed by atoms with Crippen LogP contribution in [-0.4, -0.2) is 75.2 Å². The predicted molar refractivity (Wildman–Crippen MR) is 107 cm³/mol. The number of fused-ring (bicyclic) bond motifs is 1. The summed E-state index contributed by atoms with van der Waals surface area (Å²) < 4.78 is 2.27. The summed E-state index contributed by atoms with van der Waals surface area (Å²) in [4.78, 5) is 36.2. The Morgan fingerprint density at radius 2 is 1.79 bits per heavy atom. The van der Waals surface area contributed by atoms with Crippen LogP contribution in [0.1, 0.15) is 38.7 Å². The van der Waals surface area contributed by atoms with Gasteiger partial charge in [-0.1, -0.05) is 35.3 Å². The second kappa shape index (κ2) is 7.37. The maximum absolute atomic E-state index is 13.4. The zero-order valence-corrected chi connectivity index (χ0v) is 16.8. The Hall–Kier alpha value is -2.70. The molecule has 0 radical (unpaired) electrons. The van der Waals surface area contributed by atoms with Gasteiger partial charge in [0.1, 0.15) is 0 Å². The van der Waals surface area contributed by atoms with Crippen molar-refractivity contribution in [3.63, 3.8) is 0 Å². The van der Waals surface area contributed by atoms with Gasteiger partial charge in [-0.2, -0.15) is 0 Å². The third-order valence-corrected chi connectivity index (χ3v) is 5.71.